The average Bonchev–Trinajstić information content (AvgIpc) is 2.27. The van der Waals surface area contributed by atoms with Crippen LogP contribution in [0.5, 0.6) is 0 Å². The summed E-state index contributed by atoms with van der Waals surface area (Å²) < 4.78 is 26.1. The van der Waals surface area contributed by atoms with Gasteiger partial charge in [0.05, 0.1) is 11.4 Å². The summed E-state index contributed by atoms with van der Waals surface area (Å²) in [6.45, 7) is 5.94. The lowest BCUT2D eigenvalue weighted by Gasteiger charge is -2.28. The predicted molar refractivity (Wildman–Crippen MR) is 74.5 cm³/mol. The zero-order chi connectivity index (χ0) is 13.2. The van der Waals surface area contributed by atoms with Crippen LogP contribution in [0.25, 0.3) is 0 Å². The topological polar surface area (TPSA) is 49.4 Å². The summed E-state index contributed by atoms with van der Waals surface area (Å²) in [5.74, 6) is 0.167. The average molecular weight is 268 g/mol. The van der Waals surface area contributed by atoms with Crippen LogP contribution in [-0.2, 0) is 10.0 Å². The van der Waals surface area contributed by atoms with Crippen molar-refractivity contribution in [2.45, 2.75) is 20.3 Å². The third kappa shape index (κ3) is 2.84. The molecule has 100 valence electrons. The molecule has 18 heavy (non-hydrogen) atoms. The van der Waals surface area contributed by atoms with Gasteiger partial charge in [-0.15, -0.1) is 0 Å². The molecule has 1 fully saturated rings. The number of hydrogen-bond donors (Lipinski definition) is 1. The molecule has 1 N–H and O–H groups in total. The van der Waals surface area contributed by atoms with Gasteiger partial charge >= 0.3 is 0 Å². The zero-order valence-corrected chi connectivity index (χ0v) is 11.8. The van der Waals surface area contributed by atoms with Crippen molar-refractivity contribution >= 4 is 15.7 Å². The van der Waals surface area contributed by atoms with Crippen molar-refractivity contribution in [1.82, 2.24) is 5.32 Å². The molecular formula is C13H20N2O2S. The van der Waals surface area contributed by atoms with Crippen molar-refractivity contribution in [1.29, 1.82) is 0 Å². The first-order chi connectivity index (χ1) is 8.50. The lowest BCUT2D eigenvalue weighted by atomic mass is 10.1. The number of anilines is 1. The molecule has 0 saturated carbocycles. The van der Waals surface area contributed by atoms with Crippen LogP contribution in [0.15, 0.2) is 18.2 Å². The van der Waals surface area contributed by atoms with Crippen LogP contribution in [0, 0.1) is 13.8 Å². The maximum Gasteiger partial charge on any atom is 0.236 e. The summed E-state index contributed by atoms with van der Waals surface area (Å²) >= 11 is 0. The van der Waals surface area contributed by atoms with E-state index >= 15 is 0 Å². The molecule has 1 aromatic carbocycles. The summed E-state index contributed by atoms with van der Waals surface area (Å²) in [4.78, 5) is 0. The van der Waals surface area contributed by atoms with E-state index in [-0.39, 0.29) is 5.75 Å². The Hall–Kier alpha value is -1.07. The maximum absolute atomic E-state index is 12.3. The highest BCUT2D eigenvalue weighted by Crippen LogP contribution is 2.24. The van der Waals surface area contributed by atoms with Gasteiger partial charge < -0.3 is 5.32 Å². The Labute approximate surface area is 109 Å². The van der Waals surface area contributed by atoms with E-state index in [0.717, 1.165) is 29.8 Å². The monoisotopic (exact) mass is 268 g/mol. The van der Waals surface area contributed by atoms with Crippen LogP contribution >= 0.6 is 0 Å². The van der Waals surface area contributed by atoms with Crippen LogP contribution in [0.2, 0.25) is 0 Å². The Morgan fingerprint density at radius 1 is 1.22 bits per heavy atom. The van der Waals surface area contributed by atoms with Crippen LogP contribution in [0.1, 0.15) is 17.5 Å². The first-order valence-electron chi connectivity index (χ1n) is 6.29. The maximum atomic E-state index is 12.3. The molecule has 1 heterocycles. The summed E-state index contributed by atoms with van der Waals surface area (Å²) in [5.41, 5.74) is 3.00. The van der Waals surface area contributed by atoms with Gasteiger partial charge in [-0.1, -0.05) is 17.7 Å². The Kier molecular flexibility index (Phi) is 3.92. The molecule has 1 aliphatic rings. The fourth-order valence-corrected chi connectivity index (χ4v) is 3.81. The molecule has 0 aromatic heterocycles. The quantitative estimate of drug-likeness (QED) is 0.838. The van der Waals surface area contributed by atoms with Gasteiger partial charge in [-0.05, 0) is 38.4 Å². The minimum absolute atomic E-state index is 0.167. The highest BCUT2D eigenvalue weighted by Gasteiger charge is 2.24. The number of aryl methyl sites for hydroxylation is 2. The number of nitrogens with one attached hydrogen (secondary N) is 1. The Balaban J connectivity index is 2.38. The first-order valence-corrected chi connectivity index (χ1v) is 7.90. The lowest BCUT2D eigenvalue weighted by Crippen LogP contribution is -2.41. The van der Waals surface area contributed by atoms with Gasteiger partial charge in [0, 0.05) is 13.1 Å². The minimum atomic E-state index is -3.20. The van der Waals surface area contributed by atoms with Crippen molar-refractivity contribution in [2.24, 2.45) is 0 Å². The second kappa shape index (κ2) is 5.28. The smallest absolute Gasteiger partial charge is 0.236 e. The highest BCUT2D eigenvalue weighted by molar-refractivity contribution is 7.92. The fraction of sp³-hybridized carbons (Fsp3) is 0.538. The molecule has 2 rings (SSSR count). The second-order valence-electron chi connectivity index (χ2n) is 4.78. The van der Waals surface area contributed by atoms with Gasteiger partial charge in [-0.2, -0.15) is 0 Å². The number of sulfonamides is 1. The van der Waals surface area contributed by atoms with Crippen LogP contribution < -0.4 is 9.62 Å². The standard InChI is InChI=1S/C13H20N2O2S/c1-11-4-5-13(12(2)10-11)15-8-3-6-14-7-9-18(15,16)17/h4-5,10,14H,3,6-9H2,1-2H3. The van der Waals surface area contributed by atoms with Gasteiger partial charge in [-0.25, -0.2) is 8.42 Å². The van der Waals surface area contributed by atoms with E-state index in [1.807, 2.05) is 32.0 Å². The van der Waals surface area contributed by atoms with E-state index in [1.54, 1.807) is 4.31 Å². The van der Waals surface area contributed by atoms with Crippen LogP contribution in [0.4, 0.5) is 5.69 Å². The van der Waals surface area contributed by atoms with Crippen LogP contribution in [-0.4, -0.2) is 33.8 Å². The Morgan fingerprint density at radius 2 is 2.00 bits per heavy atom. The molecule has 0 radical (unpaired) electrons. The Bertz CT molecular complexity index is 526. The molecule has 0 spiro atoms. The van der Waals surface area contributed by atoms with Crippen molar-refractivity contribution in [3.63, 3.8) is 0 Å². The normalized spacial score (nSPS) is 20.2. The second-order valence-corrected chi connectivity index (χ2v) is 6.79. The van der Waals surface area contributed by atoms with E-state index < -0.39 is 10.0 Å². The fourth-order valence-electron chi connectivity index (χ4n) is 2.28. The third-order valence-electron chi connectivity index (χ3n) is 3.21. The lowest BCUT2D eigenvalue weighted by molar-refractivity contribution is 0.572. The predicted octanol–water partition coefficient (Wildman–Crippen LogP) is 1.43. The van der Waals surface area contributed by atoms with E-state index in [0.29, 0.717) is 13.1 Å². The van der Waals surface area contributed by atoms with E-state index in [4.69, 9.17) is 0 Å². The first kappa shape index (κ1) is 13.4. The van der Waals surface area contributed by atoms with E-state index in [1.165, 1.54) is 0 Å². The summed E-state index contributed by atoms with van der Waals surface area (Å²) in [5, 5.41) is 3.13. The molecule has 1 saturated heterocycles. The summed E-state index contributed by atoms with van der Waals surface area (Å²) in [7, 11) is -3.20. The number of hydrogen-bond acceptors (Lipinski definition) is 3. The van der Waals surface area contributed by atoms with Gasteiger partial charge in [0.25, 0.3) is 0 Å². The van der Waals surface area contributed by atoms with Gasteiger partial charge in [0.15, 0.2) is 0 Å². The Morgan fingerprint density at radius 3 is 2.72 bits per heavy atom. The molecule has 5 heteroatoms. The number of benzene rings is 1. The summed E-state index contributed by atoms with van der Waals surface area (Å²) in [6.07, 6.45) is 0.840. The zero-order valence-electron chi connectivity index (χ0n) is 10.9. The SMILES string of the molecule is Cc1ccc(N2CCCNCCS2(=O)=O)c(C)c1. The van der Waals surface area contributed by atoms with Gasteiger partial charge in [-0.3, -0.25) is 4.31 Å². The van der Waals surface area contributed by atoms with E-state index in [2.05, 4.69) is 5.32 Å². The molecule has 0 amide bonds. The van der Waals surface area contributed by atoms with Crippen molar-refractivity contribution < 1.29 is 8.42 Å². The molecule has 0 bridgehead atoms. The van der Waals surface area contributed by atoms with E-state index in [9.17, 15) is 8.42 Å². The van der Waals surface area contributed by atoms with Crippen LogP contribution in [0.3, 0.4) is 0 Å². The minimum Gasteiger partial charge on any atom is -0.316 e. The molecule has 0 aliphatic carbocycles. The molecule has 4 nitrogen and oxygen atoms in total. The molecule has 1 aromatic rings. The number of rotatable bonds is 1. The highest BCUT2D eigenvalue weighted by atomic mass is 32.2. The summed E-state index contributed by atoms with van der Waals surface area (Å²) in [6, 6.07) is 5.91. The molecule has 0 unspecified atom stereocenters. The largest absolute Gasteiger partial charge is 0.316 e. The van der Waals surface area contributed by atoms with Crippen molar-refractivity contribution in [3.8, 4) is 0 Å². The van der Waals surface area contributed by atoms with Crippen molar-refractivity contribution in [3.05, 3.63) is 29.3 Å². The van der Waals surface area contributed by atoms with Gasteiger partial charge in [0.2, 0.25) is 10.0 Å². The third-order valence-corrected chi connectivity index (χ3v) is 4.98. The molecule has 0 atom stereocenters. The molecule has 1 aliphatic heterocycles. The van der Waals surface area contributed by atoms with Crippen molar-refractivity contribution in [2.75, 3.05) is 29.7 Å². The van der Waals surface area contributed by atoms with Gasteiger partial charge in [0.1, 0.15) is 0 Å². The number of nitrogens with zero attached hydrogens (tertiary/aromatic N) is 1. The molecular weight excluding hydrogens is 248 g/mol.